The van der Waals surface area contributed by atoms with Crippen molar-refractivity contribution >= 4 is 11.9 Å². The zero-order valence-electron chi connectivity index (χ0n) is 11.4. The SMILES string of the molecule is CC[C@@H](C)C[C@@H](CC(=O)OC(C)(C)C)C(=O)O. The molecule has 0 spiro atoms. The van der Waals surface area contributed by atoms with E-state index in [1.807, 2.05) is 13.8 Å². The van der Waals surface area contributed by atoms with Crippen LogP contribution in [0, 0.1) is 11.8 Å². The van der Waals surface area contributed by atoms with E-state index >= 15 is 0 Å². The Morgan fingerprint density at radius 1 is 1.29 bits per heavy atom. The lowest BCUT2D eigenvalue weighted by Gasteiger charge is -2.21. The molecule has 0 saturated heterocycles. The number of carboxylic acids is 1. The number of carbonyl (C=O) groups is 2. The van der Waals surface area contributed by atoms with Crippen molar-refractivity contribution in [2.75, 3.05) is 0 Å². The Labute approximate surface area is 103 Å². The number of esters is 1. The van der Waals surface area contributed by atoms with Gasteiger partial charge in [0.2, 0.25) is 0 Å². The molecule has 0 aromatic rings. The fraction of sp³-hybridized carbons (Fsp3) is 0.846. The highest BCUT2D eigenvalue weighted by Crippen LogP contribution is 2.20. The normalized spacial score (nSPS) is 15.1. The molecule has 0 saturated carbocycles. The second-order valence-corrected chi connectivity index (χ2v) is 5.57. The molecule has 1 N–H and O–H groups in total. The van der Waals surface area contributed by atoms with Gasteiger partial charge in [-0.05, 0) is 33.1 Å². The topological polar surface area (TPSA) is 63.6 Å². The molecule has 0 aromatic heterocycles. The molecule has 0 aliphatic rings. The summed E-state index contributed by atoms with van der Waals surface area (Å²) in [5.41, 5.74) is -0.559. The number of carbonyl (C=O) groups excluding carboxylic acids is 1. The number of hydrogen-bond donors (Lipinski definition) is 1. The van der Waals surface area contributed by atoms with Crippen molar-refractivity contribution in [2.45, 2.75) is 59.5 Å². The Bertz CT molecular complexity index is 265. The van der Waals surface area contributed by atoms with Gasteiger partial charge in [-0.25, -0.2) is 0 Å². The molecular weight excluding hydrogens is 220 g/mol. The first-order chi connectivity index (χ1) is 7.65. The van der Waals surface area contributed by atoms with Gasteiger partial charge in [0.1, 0.15) is 5.60 Å². The minimum Gasteiger partial charge on any atom is -0.481 e. The molecule has 0 aliphatic heterocycles. The van der Waals surface area contributed by atoms with Crippen LogP contribution in [0.2, 0.25) is 0 Å². The third-order valence-corrected chi connectivity index (χ3v) is 2.57. The van der Waals surface area contributed by atoms with Crippen LogP contribution in [0.4, 0.5) is 0 Å². The monoisotopic (exact) mass is 244 g/mol. The molecule has 4 heteroatoms. The van der Waals surface area contributed by atoms with Crippen molar-refractivity contribution in [3.63, 3.8) is 0 Å². The lowest BCUT2D eigenvalue weighted by molar-refractivity contribution is -0.160. The van der Waals surface area contributed by atoms with E-state index < -0.39 is 23.5 Å². The first-order valence-electron chi connectivity index (χ1n) is 6.10. The summed E-state index contributed by atoms with van der Waals surface area (Å²) in [7, 11) is 0. The summed E-state index contributed by atoms with van der Waals surface area (Å²) >= 11 is 0. The molecule has 17 heavy (non-hydrogen) atoms. The van der Waals surface area contributed by atoms with Crippen molar-refractivity contribution in [1.82, 2.24) is 0 Å². The predicted octanol–water partition coefficient (Wildman–Crippen LogP) is 2.86. The summed E-state index contributed by atoms with van der Waals surface area (Å²) in [5, 5.41) is 9.06. The van der Waals surface area contributed by atoms with Crippen molar-refractivity contribution < 1.29 is 19.4 Å². The lowest BCUT2D eigenvalue weighted by Crippen LogP contribution is -2.28. The van der Waals surface area contributed by atoms with E-state index in [-0.39, 0.29) is 6.42 Å². The van der Waals surface area contributed by atoms with Crippen molar-refractivity contribution in [3.05, 3.63) is 0 Å². The highest BCUT2D eigenvalue weighted by molar-refractivity contribution is 5.78. The van der Waals surface area contributed by atoms with Gasteiger partial charge < -0.3 is 9.84 Å². The third kappa shape index (κ3) is 7.77. The first kappa shape index (κ1) is 15.9. The predicted molar refractivity (Wildman–Crippen MR) is 65.7 cm³/mol. The quantitative estimate of drug-likeness (QED) is 0.730. The standard InChI is InChI=1S/C13H24O4/c1-6-9(2)7-10(12(15)16)8-11(14)17-13(3,4)5/h9-10H,6-8H2,1-5H3,(H,15,16)/t9-,10+/m1/s1. The summed E-state index contributed by atoms with van der Waals surface area (Å²) < 4.78 is 5.13. The molecule has 100 valence electrons. The number of aliphatic carboxylic acids is 1. The van der Waals surface area contributed by atoms with Crippen molar-refractivity contribution in [2.24, 2.45) is 11.8 Å². The van der Waals surface area contributed by atoms with E-state index in [9.17, 15) is 9.59 Å². The summed E-state index contributed by atoms with van der Waals surface area (Å²) in [5.74, 6) is -1.69. The molecule has 2 atom stereocenters. The first-order valence-corrected chi connectivity index (χ1v) is 6.10. The third-order valence-electron chi connectivity index (χ3n) is 2.57. The molecule has 4 nitrogen and oxygen atoms in total. The molecule has 0 aromatic carbocycles. The van der Waals surface area contributed by atoms with Gasteiger partial charge in [0.05, 0.1) is 12.3 Å². The van der Waals surface area contributed by atoms with Crippen LogP contribution in [-0.2, 0) is 14.3 Å². The molecule has 0 fully saturated rings. The minimum absolute atomic E-state index is 0.0447. The van der Waals surface area contributed by atoms with E-state index in [0.717, 1.165) is 6.42 Å². The van der Waals surface area contributed by atoms with Crippen LogP contribution in [-0.4, -0.2) is 22.6 Å². The maximum absolute atomic E-state index is 11.6. The maximum atomic E-state index is 11.6. The Morgan fingerprint density at radius 2 is 1.82 bits per heavy atom. The highest BCUT2D eigenvalue weighted by atomic mass is 16.6. The largest absolute Gasteiger partial charge is 0.481 e. The van der Waals surface area contributed by atoms with Crippen LogP contribution in [0.1, 0.15) is 53.9 Å². The average molecular weight is 244 g/mol. The fourth-order valence-corrected chi connectivity index (χ4v) is 1.51. The van der Waals surface area contributed by atoms with E-state index in [2.05, 4.69) is 0 Å². The summed E-state index contributed by atoms with van der Waals surface area (Å²) in [6.07, 6.45) is 1.39. The molecule has 0 amide bonds. The highest BCUT2D eigenvalue weighted by Gasteiger charge is 2.26. The number of rotatable bonds is 6. The number of hydrogen-bond acceptors (Lipinski definition) is 3. The summed E-state index contributed by atoms with van der Waals surface area (Å²) in [6, 6.07) is 0. The second kappa shape index (κ2) is 6.62. The number of carboxylic acid groups (broad SMARTS) is 1. The Balaban J connectivity index is 4.35. The van der Waals surface area contributed by atoms with Crippen LogP contribution in [0.15, 0.2) is 0 Å². The molecule has 0 aliphatic carbocycles. The van der Waals surface area contributed by atoms with Gasteiger partial charge in [-0.1, -0.05) is 20.3 Å². The van der Waals surface area contributed by atoms with Crippen LogP contribution in [0.25, 0.3) is 0 Å². The maximum Gasteiger partial charge on any atom is 0.307 e. The molecule has 0 rings (SSSR count). The zero-order chi connectivity index (χ0) is 13.6. The van der Waals surface area contributed by atoms with Gasteiger partial charge in [0.15, 0.2) is 0 Å². The Kier molecular flexibility index (Phi) is 6.21. The molecule has 0 bridgehead atoms. The van der Waals surface area contributed by atoms with Gasteiger partial charge in [-0.3, -0.25) is 9.59 Å². The van der Waals surface area contributed by atoms with Crippen LogP contribution >= 0.6 is 0 Å². The molecule has 0 radical (unpaired) electrons. The van der Waals surface area contributed by atoms with Gasteiger partial charge in [0, 0.05) is 0 Å². The van der Waals surface area contributed by atoms with Gasteiger partial charge >= 0.3 is 11.9 Å². The smallest absolute Gasteiger partial charge is 0.307 e. The van der Waals surface area contributed by atoms with E-state index in [0.29, 0.717) is 12.3 Å². The summed E-state index contributed by atoms with van der Waals surface area (Å²) in [4.78, 5) is 22.6. The second-order valence-electron chi connectivity index (χ2n) is 5.57. The molecule has 0 heterocycles. The van der Waals surface area contributed by atoms with Crippen molar-refractivity contribution in [1.29, 1.82) is 0 Å². The van der Waals surface area contributed by atoms with Crippen LogP contribution in [0.3, 0.4) is 0 Å². The average Bonchev–Trinajstić information content (AvgIpc) is 2.13. The van der Waals surface area contributed by atoms with Gasteiger partial charge in [-0.15, -0.1) is 0 Å². The van der Waals surface area contributed by atoms with Crippen molar-refractivity contribution in [3.8, 4) is 0 Å². The summed E-state index contributed by atoms with van der Waals surface area (Å²) in [6.45, 7) is 9.32. The van der Waals surface area contributed by atoms with E-state index in [4.69, 9.17) is 9.84 Å². The lowest BCUT2D eigenvalue weighted by atomic mass is 9.91. The fourth-order valence-electron chi connectivity index (χ4n) is 1.51. The Hall–Kier alpha value is -1.06. The number of ether oxygens (including phenoxy) is 1. The molecule has 0 unspecified atom stereocenters. The van der Waals surface area contributed by atoms with Crippen LogP contribution < -0.4 is 0 Å². The zero-order valence-corrected chi connectivity index (χ0v) is 11.4. The minimum atomic E-state index is -0.920. The van der Waals surface area contributed by atoms with Crippen LogP contribution in [0.5, 0.6) is 0 Å². The molecular formula is C13H24O4. The van der Waals surface area contributed by atoms with E-state index in [1.165, 1.54) is 0 Å². The van der Waals surface area contributed by atoms with E-state index in [1.54, 1.807) is 20.8 Å². The Morgan fingerprint density at radius 3 is 2.18 bits per heavy atom. The van der Waals surface area contributed by atoms with Gasteiger partial charge in [0.25, 0.3) is 0 Å². The van der Waals surface area contributed by atoms with Gasteiger partial charge in [-0.2, -0.15) is 0 Å².